The van der Waals surface area contributed by atoms with E-state index < -0.39 is 10.0 Å². The molecular formula is C23H19BrCl2N2O3S. The molecule has 0 radical (unpaired) electrons. The lowest BCUT2D eigenvalue weighted by Crippen LogP contribution is -2.42. The van der Waals surface area contributed by atoms with Crippen LogP contribution in [0.3, 0.4) is 0 Å². The summed E-state index contributed by atoms with van der Waals surface area (Å²) >= 11 is 15.7. The number of sulfonamides is 1. The van der Waals surface area contributed by atoms with Gasteiger partial charge >= 0.3 is 0 Å². The van der Waals surface area contributed by atoms with E-state index in [9.17, 15) is 13.2 Å². The van der Waals surface area contributed by atoms with Crippen LogP contribution in [0.4, 0.5) is 5.69 Å². The second-order valence-corrected chi connectivity index (χ2v) is 11.1. The maximum absolute atomic E-state index is 13.4. The molecule has 9 heteroatoms. The molecule has 4 rings (SSSR count). The smallest absolute Gasteiger partial charge is 0.243 e. The molecule has 3 aromatic carbocycles. The fourth-order valence-corrected chi connectivity index (χ4v) is 5.94. The number of anilines is 1. The van der Waals surface area contributed by atoms with Gasteiger partial charge in [0.2, 0.25) is 15.9 Å². The Bertz CT molecular complexity index is 1270. The number of fused-ring (bicyclic) bond motifs is 1. The molecule has 0 bridgehead atoms. The fourth-order valence-electron chi connectivity index (χ4n) is 3.67. The predicted octanol–water partition coefficient (Wildman–Crippen LogP) is 5.54. The molecule has 0 unspecified atom stereocenters. The summed E-state index contributed by atoms with van der Waals surface area (Å²) in [6.07, 6.45) is 0.717. The van der Waals surface area contributed by atoms with Gasteiger partial charge in [-0.3, -0.25) is 4.79 Å². The van der Waals surface area contributed by atoms with Gasteiger partial charge in [0.25, 0.3) is 0 Å². The van der Waals surface area contributed by atoms with Crippen molar-refractivity contribution in [1.82, 2.24) is 4.31 Å². The highest BCUT2D eigenvalue weighted by molar-refractivity contribution is 9.10. The number of hydrogen-bond acceptors (Lipinski definition) is 3. The van der Waals surface area contributed by atoms with Crippen molar-refractivity contribution in [2.75, 3.05) is 18.0 Å². The van der Waals surface area contributed by atoms with Crippen LogP contribution >= 0.6 is 39.1 Å². The van der Waals surface area contributed by atoms with Gasteiger partial charge in [0.05, 0.1) is 11.4 Å². The summed E-state index contributed by atoms with van der Waals surface area (Å²) in [6.45, 7) is 0.136. The Labute approximate surface area is 205 Å². The van der Waals surface area contributed by atoms with Gasteiger partial charge in [0, 0.05) is 33.3 Å². The van der Waals surface area contributed by atoms with Crippen LogP contribution in [0, 0.1) is 0 Å². The van der Waals surface area contributed by atoms with Crippen molar-refractivity contribution in [1.29, 1.82) is 0 Å². The van der Waals surface area contributed by atoms with Crippen molar-refractivity contribution in [3.8, 4) is 0 Å². The van der Waals surface area contributed by atoms with Crippen molar-refractivity contribution < 1.29 is 13.2 Å². The Hall–Kier alpha value is -1.90. The number of halogens is 3. The highest BCUT2D eigenvalue weighted by Gasteiger charge is 2.31. The van der Waals surface area contributed by atoms with E-state index in [4.69, 9.17) is 23.2 Å². The second-order valence-electron chi connectivity index (χ2n) is 7.39. The number of nitrogens with zero attached hydrogens (tertiary/aromatic N) is 2. The van der Waals surface area contributed by atoms with Crippen LogP contribution in [0.5, 0.6) is 0 Å². The van der Waals surface area contributed by atoms with Gasteiger partial charge in [-0.2, -0.15) is 4.31 Å². The Kier molecular flexibility index (Phi) is 6.93. The summed E-state index contributed by atoms with van der Waals surface area (Å²) in [5, 5.41) is 0.793. The largest absolute Gasteiger partial charge is 0.311 e. The molecule has 1 heterocycles. The van der Waals surface area contributed by atoms with Crippen LogP contribution in [0.1, 0.15) is 11.1 Å². The number of hydrogen-bond donors (Lipinski definition) is 0. The first-order chi connectivity index (χ1) is 15.3. The number of rotatable bonds is 6. The van der Waals surface area contributed by atoms with Gasteiger partial charge in [-0.1, -0.05) is 63.4 Å². The van der Waals surface area contributed by atoms with Crippen molar-refractivity contribution >= 4 is 60.7 Å². The number of carbonyl (C=O) groups excluding carboxylic acids is 1. The molecule has 0 aromatic heterocycles. The van der Waals surface area contributed by atoms with Crippen LogP contribution in [0.15, 0.2) is 76.1 Å². The first-order valence-corrected chi connectivity index (χ1v) is 12.8. The SMILES string of the molecule is O=C(CN(Cc1ccc(Cl)cc1Cl)S(=O)(=O)c1ccccc1)N1CCc2cc(Br)ccc21. The summed E-state index contributed by atoms with van der Waals surface area (Å²) in [6, 6.07) is 18.7. The Morgan fingerprint density at radius 2 is 1.78 bits per heavy atom. The van der Waals surface area contributed by atoms with Crippen LogP contribution in [0.25, 0.3) is 0 Å². The molecular weight excluding hydrogens is 535 g/mol. The van der Waals surface area contributed by atoms with E-state index >= 15 is 0 Å². The van der Waals surface area contributed by atoms with Crippen LogP contribution in [-0.4, -0.2) is 31.7 Å². The summed E-state index contributed by atoms with van der Waals surface area (Å²) in [5.74, 6) is -0.296. The number of carbonyl (C=O) groups is 1. The first kappa shape index (κ1) is 23.3. The van der Waals surface area contributed by atoms with Gasteiger partial charge in [-0.05, 0) is 60.0 Å². The van der Waals surface area contributed by atoms with E-state index in [0.29, 0.717) is 22.2 Å². The Morgan fingerprint density at radius 3 is 2.50 bits per heavy atom. The molecule has 32 heavy (non-hydrogen) atoms. The molecule has 5 nitrogen and oxygen atoms in total. The predicted molar refractivity (Wildman–Crippen MR) is 131 cm³/mol. The van der Waals surface area contributed by atoms with E-state index in [1.165, 1.54) is 12.1 Å². The molecule has 166 valence electrons. The first-order valence-electron chi connectivity index (χ1n) is 9.83. The zero-order valence-corrected chi connectivity index (χ0v) is 20.8. The minimum atomic E-state index is -3.95. The monoisotopic (exact) mass is 552 g/mol. The van der Waals surface area contributed by atoms with Gasteiger partial charge in [0.15, 0.2) is 0 Å². The Balaban J connectivity index is 1.66. The molecule has 0 N–H and O–H groups in total. The molecule has 0 saturated heterocycles. The van der Waals surface area contributed by atoms with Gasteiger partial charge in [0.1, 0.15) is 0 Å². The van der Waals surface area contributed by atoms with Crippen molar-refractivity contribution in [2.24, 2.45) is 0 Å². The zero-order chi connectivity index (χ0) is 22.9. The molecule has 0 aliphatic carbocycles. The normalized spacial score (nSPS) is 13.4. The number of amides is 1. The molecule has 1 aliphatic heterocycles. The quantitative estimate of drug-likeness (QED) is 0.403. The second kappa shape index (κ2) is 9.53. The van der Waals surface area contributed by atoms with E-state index in [1.54, 1.807) is 41.3 Å². The fraction of sp³-hybridized carbons (Fsp3) is 0.174. The molecule has 0 fully saturated rings. The van der Waals surface area contributed by atoms with Gasteiger partial charge in [-0.25, -0.2) is 8.42 Å². The molecule has 1 amide bonds. The topological polar surface area (TPSA) is 57.7 Å². The molecule has 1 aliphatic rings. The average molecular weight is 554 g/mol. The van der Waals surface area contributed by atoms with Crippen molar-refractivity contribution in [3.05, 3.63) is 92.4 Å². The highest BCUT2D eigenvalue weighted by Crippen LogP contribution is 2.31. The Morgan fingerprint density at radius 1 is 1.03 bits per heavy atom. The van der Waals surface area contributed by atoms with E-state index in [-0.39, 0.29) is 23.9 Å². The standard InChI is InChI=1S/C23H19BrCl2N2O3S/c24-18-7-9-22-16(12-18)10-11-28(22)23(29)15-27(14-17-6-8-19(25)13-21(17)26)32(30,31)20-4-2-1-3-5-20/h1-9,12-13H,10-11,14-15H2. The average Bonchev–Trinajstić information content (AvgIpc) is 3.18. The highest BCUT2D eigenvalue weighted by atomic mass is 79.9. The summed E-state index contributed by atoms with van der Waals surface area (Å²) in [4.78, 5) is 15.0. The minimum Gasteiger partial charge on any atom is -0.311 e. The van der Waals surface area contributed by atoms with Crippen molar-refractivity contribution in [2.45, 2.75) is 17.9 Å². The maximum Gasteiger partial charge on any atom is 0.243 e. The lowest BCUT2D eigenvalue weighted by atomic mass is 10.2. The van der Waals surface area contributed by atoms with Gasteiger partial charge < -0.3 is 4.90 Å². The molecule has 3 aromatic rings. The molecule has 0 spiro atoms. The van der Waals surface area contributed by atoms with Crippen LogP contribution in [-0.2, 0) is 27.8 Å². The summed E-state index contributed by atoms with van der Waals surface area (Å²) in [5.41, 5.74) is 2.42. The van der Waals surface area contributed by atoms with Crippen molar-refractivity contribution in [3.63, 3.8) is 0 Å². The maximum atomic E-state index is 13.4. The van der Waals surface area contributed by atoms with E-state index in [1.807, 2.05) is 18.2 Å². The molecule has 0 saturated carbocycles. The lowest BCUT2D eigenvalue weighted by molar-refractivity contribution is -0.118. The molecule has 0 atom stereocenters. The number of benzene rings is 3. The van der Waals surface area contributed by atoms with E-state index in [0.717, 1.165) is 26.4 Å². The zero-order valence-electron chi connectivity index (χ0n) is 16.8. The van der Waals surface area contributed by atoms with Gasteiger partial charge in [-0.15, -0.1) is 0 Å². The third-order valence-electron chi connectivity index (χ3n) is 5.29. The summed E-state index contributed by atoms with van der Waals surface area (Å²) < 4.78 is 29.0. The summed E-state index contributed by atoms with van der Waals surface area (Å²) in [7, 11) is -3.95. The van der Waals surface area contributed by atoms with Crippen LogP contribution in [0.2, 0.25) is 10.0 Å². The third-order valence-corrected chi connectivity index (χ3v) is 8.18. The minimum absolute atomic E-state index is 0.0556. The third kappa shape index (κ3) is 4.87. The lowest BCUT2D eigenvalue weighted by Gasteiger charge is -2.25. The van der Waals surface area contributed by atoms with Crippen LogP contribution < -0.4 is 4.90 Å². The van der Waals surface area contributed by atoms with E-state index in [2.05, 4.69) is 15.9 Å².